The van der Waals surface area contributed by atoms with Gasteiger partial charge in [-0.2, -0.15) is 0 Å². The van der Waals surface area contributed by atoms with Gasteiger partial charge in [0.1, 0.15) is 5.75 Å². The van der Waals surface area contributed by atoms with Crippen LogP contribution in [0.5, 0.6) is 5.75 Å². The van der Waals surface area contributed by atoms with Gasteiger partial charge in [-0.3, -0.25) is 24.3 Å². The fraction of sp³-hybridized carbons (Fsp3) is 0.286. The third-order valence-electron chi connectivity index (χ3n) is 7.23. The normalized spacial score (nSPS) is 22.0. The van der Waals surface area contributed by atoms with E-state index in [0.717, 1.165) is 37.4 Å². The van der Waals surface area contributed by atoms with Crippen LogP contribution in [0.2, 0.25) is 0 Å². The lowest BCUT2D eigenvalue weighted by molar-refractivity contribution is -0.124. The first-order valence-corrected chi connectivity index (χ1v) is 13.2. The Balaban J connectivity index is 1.28. The summed E-state index contributed by atoms with van der Waals surface area (Å²) < 4.78 is 5.30. The lowest BCUT2D eigenvalue weighted by Crippen LogP contribution is -2.54. The lowest BCUT2D eigenvalue weighted by atomic mass is 10.0. The minimum atomic E-state index is -1.09. The number of hydrogen-bond donors (Lipinski definition) is 0. The second-order valence-corrected chi connectivity index (χ2v) is 10.4. The van der Waals surface area contributed by atoms with Crippen molar-refractivity contribution >= 4 is 40.6 Å². The van der Waals surface area contributed by atoms with Crippen LogP contribution in [0, 0.1) is 0 Å². The van der Waals surface area contributed by atoms with Crippen LogP contribution in [-0.2, 0) is 14.5 Å². The van der Waals surface area contributed by atoms with Gasteiger partial charge >= 0.3 is 0 Å². The first kappa shape index (κ1) is 22.9. The van der Waals surface area contributed by atoms with Gasteiger partial charge in [0.05, 0.1) is 25.2 Å². The number of nitrogens with zero attached hydrogens (tertiary/aromatic N) is 4. The number of thioether (sulfide) groups is 1. The average Bonchev–Trinajstić information content (AvgIpc) is 3.40. The van der Waals surface area contributed by atoms with Gasteiger partial charge in [-0.25, -0.2) is 0 Å². The predicted molar refractivity (Wildman–Crippen MR) is 144 cm³/mol. The van der Waals surface area contributed by atoms with Crippen LogP contribution in [-0.4, -0.2) is 62.4 Å². The standard InChI is InChI=1S/C28H28N4O3S/c1-35-23-13-11-22(12-14-23)32-26(33)19-36-28(32)24-9-5-6-10-25(24)31(27(28)34)20-29-15-17-30(18-16-29)21-7-3-2-4-8-21/h2-14H,15-20H2,1H3. The van der Waals surface area contributed by atoms with E-state index in [9.17, 15) is 9.59 Å². The molecule has 1 atom stereocenters. The Bertz CT molecular complexity index is 1280. The monoisotopic (exact) mass is 500 g/mol. The summed E-state index contributed by atoms with van der Waals surface area (Å²) in [7, 11) is 1.61. The van der Waals surface area contributed by atoms with Gasteiger partial charge in [0, 0.05) is 43.1 Å². The van der Waals surface area contributed by atoms with Gasteiger partial charge in [0.25, 0.3) is 5.91 Å². The van der Waals surface area contributed by atoms with Crippen molar-refractivity contribution in [2.75, 3.05) is 60.4 Å². The second kappa shape index (κ2) is 9.19. The van der Waals surface area contributed by atoms with E-state index in [-0.39, 0.29) is 17.6 Å². The van der Waals surface area contributed by atoms with E-state index >= 15 is 0 Å². The van der Waals surface area contributed by atoms with Gasteiger partial charge in [-0.15, -0.1) is 11.8 Å². The molecule has 3 aliphatic heterocycles. The largest absolute Gasteiger partial charge is 0.497 e. The van der Waals surface area contributed by atoms with Crippen molar-refractivity contribution in [2.45, 2.75) is 4.87 Å². The Morgan fingerprint density at radius 2 is 1.53 bits per heavy atom. The zero-order chi connectivity index (χ0) is 24.7. The molecular formula is C28H28N4O3S. The summed E-state index contributed by atoms with van der Waals surface area (Å²) in [4.78, 5) is 34.6. The van der Waals surface area contributed by atoms with E-state index in [1.54, 1.807) is 12.0 Å². The van der Waals surface area contributed by atoms with Crippen LogP contribution in [0.1, 0.15) is 5.56 Å². The molecule has 0 bridgehead atoms. The third kappa shape index (κ3) is 3.63. The molecule has 6 rings (SSSR count). The molecule has 36 heavy (non-hydrogen) atoms. The number of piperazine rings is 1. The molecule has 0 radical (unpaired) electrons. The summed E-state index contributed by atoms with van der Waals surface area (Å²) in [5.74, 6) is 0.851. The highest BCUT2D eigenvalue weighted by molar-refractivity contribution is 8.02. The molecule has 3 aliphatic rings. The second-order valence-electron chi connectivity index (χ2n) is 9.19. The average molecular weight is 501 g/mol. The first-order chi connectivity index (χ1) is 17.6. The van der Waals surface area contributed by atoms with Crippen molar-refractivity contribution in [1.29, 1.82) is 0 Å². The quantitative estimate of drug-likeness (QED) is 0.532. The summed E-state index contributed by atoms with van der Waals surface area (Å²) in [5.41, 5.74) is 3.69. The minimum Gasteiger partial charge on any atom is -0.497 e. The van der Waals surface area contributed by atoms with E-state index < -0.39 is 4.87 Å². The first-order valence-electron chi connectivity index (χ1n) is 12.2. The SMILES string of the molecule is COc1ccc(N2C(=O)CSC23C(=O)N(CN2CCN(c4ccccc4)CC2)c2ccccc23)cc1. The van der Waals surface area contributed by atoms with Crippen LogP contribution < -0.4 is 19.4 Å². The van der Waals surface area contributed by atoms with Gasteiger partial charge in [0.2, 0.25) is 10.8 Å². The van der Waals surface area contributed by atoms with Crippen molar-refractivity contribution in [1.82, 2.24) is 4.90 Å². The number of para-hydroxylation sites is 2. The summed E-state index contributed by atoms with van der Waals surface area (Å²) in [5, 5.41) is 0. The molecule has 0 saturated carbocycles. The van der Waals surface area contributed by atoms with Crippen LogP contribution in [0.25, 0.3) is 0 Å². The Kier molecular flexibility index (Phi) is 5.85. The highest BCUT2D eigenvalue weighted by Gasteiger charge is 2.61. The summed E-state index contributed by atoms with van der Waals surface area (Å²) in [6.07, 6.45) is 0. The number of benzene rings is 3. The lowest BCUT2D eigenvalue weighted by Gasteiger charge is -2.38. The Labute approximate surface area is 215 Å². The predicted octanol–water partition coefficient (Wildman–Crippen LogP) is 3.75. The molecule has 1 spiro atoms. The van der Waals surface area contributed by atoms with Crippen molar-refractivity contribution in [3.8, 4) is 5.75 Å². The maximum atomic E-state index is 14.2. The number of carbonyl (C=O) groups excluding carboxylic acids is 2. The fourth-order valence-electron chi connectivity index (χ4n) is 5.41. The Hall–Kier alpha value is -3.49. The van der Waals surface area contributed by atoms with E-state index in [1.165, 1.54) is 17.4 Å². The topological polar surface area (TPSA) is 56.3 Å². The molecule has 7 nitrogen and oxygen atoms in total. The van der Waals surface area contributed by atoms with E-state index in [2.05, 4.69) is 34.1 Å². The van der Waals surface area contributed by atoms with Gasteiger partial charge in [-0.05, 0) is 42.5 Å². The molecule has 0 aromatic heterocycles. The zero-order valence-electron chi connectivity index (χ0n) is 20.2. The van der Waals surface area contributed by atoms with Crippen LogP contribution >= 0.6 is 11.8 Å². The molecule has 0 aliphatic carbocycles. The minimum absolute atomic E-state index is 0.0548. The van der Waals surface area contributed by atoms with Crippen LogP contribution in [0.15, 0.2) is 78.9 Å². The number of methoxy groups -OCH3 is 1. The van der Waals surface area contributed by atoms with E-state index in [1.807, 2.05) is 59.5 Å². The Morgan fingerprint density at radius 3 is 2.25 bits per heavy atom. The van der Waals surface area contributed by atoms with E-state index in [0.29, 0.717) is 18.1 Å². The molecule has 184 valence electrons. The number of carbonyl (C=O) groups is 2. The molecule has 2 amide bonds. The number of amides is 2. The van der Waals surface area contributed by atoms with E-state index in [4.69, 9.17) is 4.74 Å². The number of hydrogen-bond acceptors (Lipinski definition) is 6. The maximum Gasteiger partial charge on any atom is 0.269 e. The van der Waals surface area contributed by atoms with Gasteiger partial charge in [0.15, 0.2) is 0 Å². The molecule has 3 heterocycles. The van der Waals surface area contributed by atoms with Gasteiger partial charge < -0.3 is 9.64 Å². The highest BCUT2D eigenvalue weighted by Crippen LogP contribution is 2.55. The van der Waals surface area contributed by atoms with Crippen molar-refractivity contribution in [2.24, 2.45) is 0 Å². The molecule has 3 aromatic rings. The number of fused-ring (bicyclic) bond motifs is 2. The number of anilines is 3. The van der Waals surface area contributed by atoms with Crippen LogP contribution in [0.4, 0.5) is 17.1 Å². The highest BCUT2D eigenvalue weighted by atomic mass is 32.2. The van der Waals surface area contributed by atoms with Crippen molar-refractivity contribution in [3.05, 3.63) is 84.4 Å². The molecule has 8 heteroatoms. The van der Waals surface area contributed by atoms with Crippen LogP contribution in [0.3, 0.4) is 0 Å². The van der Waals surface area contributed by atoms with Crippen molar-refractivity contribution in [3.63, 3.8) is 0 Å². The molecular weight excluding hydrogens is 472 g/mol. The molecule has 1 unspecified atom stereocenters. The zero-order valence-corrected chi connectivity index (χ0v) is 21.0. The summed E-state index contributed by atoms with van der Waals surface area (Å²) in [6, 6.07) is 25.7. The molecule has 0 N–H and O–H groups in total. The smallest absolute Gasteiger partial charge is 0.269 e. The summed E-state index contributed by atoms with van der Waals surface area (Å²) in [6.45, 7) is 4.05. The molecule has 2 fully saturated rings. The molecule has 2 saturated heterocycles. The number of rotatable bonds is 5. The van der Waals surface area contributed by atoms with Crippen molar-refractivity contribution < 1.29 is 14.3 Å². The number of ether oxygens (including phenoxy) is 1. The Morgan fingerprint density at radius 1 is 0.833 bits per heavy atom. The maximum absolute atomic E-state index is 14.2. The van der Waals surface area contributed by atoms with Gasteiger partial charge in [-0.1, -0.05) is 36.4 Å². The summed E-state index contributed by atoms with van der Waals surface area (Å²) >= 11 is 1.41. The fourth-order valence-corrected chi connectivity index (χ4v) is 6.77. The molecule has 3 aromatic carbocycles. The third-order valence-corrected chi connectivity index (χ3v) is 8.62.